The second kappa shape index (κ2) is 4.06. The average Bonchev–Trinajstić information content (AvgIpc) is 2.57. The van der Waals surface area contributed by atoms with Gasteiger partial charge < -0.3 is 15.0 Å². The van der Waals surface area contributed by atoms with Gasteiger partial charge in [-0.25, -0.2) is 4.98 Å². The first-order chi connectivity index (χ1) is 7.65. The molecule has 2 aromatic rings. The molecular weight excluding hydrogens is 226 g/mol. The number of aromatic nitrogens is 2. The number of hydrogen-bond donors (Lipinski definition) is 1. The van der Waals surface area contributed by atoms with Crippen LogP contribution < -0.4 is 10.5 Å². The van der Waals surface area contributed by atoms with Crippen LogP contribution in [-0.4, -0.2) is 16.7 Å². The molecule has 0 aliphatic heterocycles. The van der Waals surface area contributed by atoms with Crippen molar-refractivity contribution in [1.29, 1.82) is 0 Å². The molecule has 0 saturated carbocycles. The van der Waals surface area contributed by atoms with E-state index in [1.54, 1.807) is 18.7 Å². The van der Waals surface area contributed by atoms with Gasteiger partial charge in [-0.05, 0) is 12.1 Å². The van der Waals surface area contributed by atoms with Crippen molar-refractivity contribution in [2.45, 2.75) is 0 Å². The van der Waals surface area contributed by atoms with Crippen LogP contribution in [0.1, 0.15) is 0 Å². The molecular formula is C11H12ClN3O. The van der Waals surface area contributed by atoms with E-state index in [2.05, 4.69) is 4.98 Å². The Morgan fingerprint density at radius 1 is 1.38 bits per heavy atom. The molecule has 0 radical (unpaired) electrons. The van der Waals surface area contributed by atoms with Crippen LogP contribution in [0.5, 0.6) is 5.75 Å². The van der Waals surface area contributed by atoms with E-state index in [4.69, 9.17) is 22.1 Å². The van der Waals surface area contributed by atoms with E-state index in [0.717, 1.165) is 11.3 Å². The summed E-state index contributed by atoms with van der Waals surface area (Å²) in [7, 11) is 3.38. The molecule has 84 valence electrons. The van der Waals surface area contributed by atoms with Crippen LogP contribution in [0.15, 0.2) is 24.3 Å². The van der Waals surface area contributed by atoms with Gasteiger partial charge >= 0.3 is 0 Å². The standard InChI is InChI=1S/C11H12ClN3O/c1-15-10(12)9(14-11(15)13)7-5-3-4-6-8(7)16-2/h3-6H,1-2H3,(H2,13,14). The molecule has 16 heavy (non-hydrogen) atoms. The highest BCUT2D eigenvalue weighted by atomic mass is 35.5. The Morgan fingerprint density at radius 2 is 2.06 bits per heavy atom. The highest BCUT2D eigenvalue weighted by molar-refractivity contribution is 6.32. The van der Waals surface area contributed by atoms with Crippen molar-refractivity contribution >= 4 is 17.5 Å². The number of hydrogen-bond acceptors (Lipinski definition) is 3. The number of methoxy groups -OCH3 is 1. The lowest BCUT2D eigenvalue weighted by Gasteiger charge is -2.05. The van der Waals surface area contributed by atoms with E-state index in [0.29, 0.717) is 16.8 Å². The van der Waals surface area contributed by atoms with Crippen molar-refractivity contribution in [2.75, 3.05) is 12.8 Å². The fourth-order valence-electron chi connectivity index (χ4n) is 1.51. The fourth-order valence-corrected chi connectivity index (χ4v) is 1.74. The van der Waals surface area contributed by atoms with E-state index in [-0.39, 0.29) is 0 Å². The highest BCUT2D eigenvalue weighted by Gasteiger charge is 2.15. The molecule has 5 heteroatoms. The summed E-state index contributed by atoms with van der Waals surface area (Å²) in [6.07, 6.45) is 0. The molecule has 0 amide bonds. The van der Waals surface area contributed by atoms with Crippen LogP contribution in [0.3, 0.4) is 0 Å². The molecule has 1 aromatic heterocycles. The van der Waals surface area contributed by atoms with Crippen LogP contribution in [0.25, 0.3) is 11.3 Å². The lowest BCUT2D eigenvalue weighted by molar-refractivity contribution is 0.416. The zero-order valence-electron chi connectivity index (χ0n) is 9.07. The molecule has 0 spiro atoms. The number of nitrogens with two attached hydrogens (primary N) is 1. The number of halogens is 1. The van der Waals surface area contributed by atoms with E-state index in [9.17, 15) is 0 Å². The monoisotopic (exact) mass is 237 g/mol. The summed E-state index contributed by atoms with van der Waals surface area (Å²) in [4.78, 5) is 4.22. The SMILES string of the molecule is COc1ccccc1-c1nc(N)n(C)c1Cl. The van der Waals surface area contributed by atoms with Gasteiger partial charge in [-0.1, -0.05) is 23.7 Å². The summed E-state index contributed by atoms with van der Waals surface area (Å²) in [5.74, 6) is 1.11. The fraction of sp³-hybridized carbons (Fsp3) is 0.182. The van der Waals surface area contributed by atoms with Gasteiger partial charge in [0.2, 0.25) is 5.95 Å². The Labute approximate surface area is 98.6 Å². The minimum absolute atomic E-state index is 0.380. The predicted molar refractivity (Wildman–Crippen MR) is 64.6 cm³/mol. The van der Waals surface area contributed by atoms with Crippen molar-refractivity contribution in [2.24, 2.45) is 7.05 Å². The Bertz CT molecular complexity index is 522. The minimum atomic E-state index is 0.380. The predicted octanol–water partition coefficient (Wildman–Crippen LogP) is 2.33. The number of nitrogen functional groups attached to an aromatic ring is 1. The van der Waals surface area contributed by atoms with Crippen molar-refractivity contribution < 1.29 is 4.74 Å². The largest absolute Gasteiger partial charge is 0.496 e. The summed E-state index contributed by atoms with van der Waals surface area (Å²) in [6.45, 7) is 0. The summed E-state index contributed by atoms with van der Waals surface area (Å²) in [5.41, 5.74) is 7.17. The van der Waals surface area contributed by atoms with Gasteiger partial charge in [0.05, 0.1) is 7.11 Å². The van der Waals surface area contributed by atoms with Crippen molar-refractivity contribution in [1.82, 2.24) is 9.55 Å². The third-order valence-corrected chi connectivity index (χ3v) is 2.85. The van der Waals surface area contributed by atoms with E-state index < -0.39 is 0 Å². The lowest BCUT2D eigenvalue weighted by Crippen LogP contribution is -1.96. The second-order valence-electron chi connectivity index (χ2n) is 3.37. The van der Waals surface area contributed by atoms with Gasteiger partial charge in [0.25, 0.3) is 0 Å². The van der Waals surface area contributed by atoms with Crippen molar-refractivity contribution in [3.8, 4) is 17.0 Å². The number of imidazole rings is 1. The molecule has 4 nitrogen and oxygen atoms in total. The number of rotatable bonds is 2. The first-order valence-electron chi connectivity index (χ1n) is 4.76. The van der Waals surface area contributed by atoms with Gasteiger partial charge in [-0.3, -0.25) is 0 Å². The number of benzene rings is 1. The number of para-hydroxylation sites is 1. The Balaban J connectivity index is 2.63. The van der Waals surface area contributed by atoms with Crippen LogP contribution in [0, 0.1) is 0 Å². The molecule has 0 bridgehead atoms. The summed E-state index contributed by atoms with van der Waals surface area (Å²) in [6, 6.07) is 7.55. The summed E-state index contributed by atoms with van der Waals surface area (Å²) >= 11 is 6.14. The maximum atomic E-state index is 6.14. The van der Waals surface area contributed by atoms with Gasteiger partial charge in [-0.15, -0.1) is 0 Å². The quantitative estimate of drug-likeness (QED) is 0.872. The van der Waals surface area contributed by atoms with Crippen LogP contribution in [0.2, 0.25) is 5.15 Å². The maximum Gasteiger partial charge on any atom is 0.201 e. The van der Waals surface area contributed by atoms with E-state index >= 15 is 0 Å². The third-order valence-electron chi connectivity index (χ3n) is 2.42. The molecule has 0 aliphatic rings. The minimum Gasteiger partial charge on any atom is -0.496 e. The Hall–Kier alpha value is -1.68. The van der Waals surface area contributed by atoms with Crippen molar-refractivity contribution in [3.05, 3.63) is 29.4 Å². The number of ether oxygens (including phenoxy) is 1. The van der Waals surface area contributed by atoms with Gasteiger partial charge in [-0.2, -0.15) is 0 Å². The average molecular weight is 238 g/mol. The first-order valence-corrected chi connectivity index (χ1v) is 5.14. The topological polar surface area (TPSA) is 53.1 Å². The molecule has 0 saturated heterocycles. The molecule has 0 aliphatic carbocycles. The first kappa shape index (κ1) is 10.8. The summed E-state index contributed by atoms with van der Waals surface area (Å²) < 4.78 is 6.88. The molecule has 2 N–H and O–H groups in total. The molecule has 1 heterocycles. The van der Waals surface area contributed by atoms with Gasteiger partial charge in [0, 0.05) is 12.6 Å². The Morgan fingerprint density at radius 3 is 2.62 bits per heavy atom. The highest BCUT2D eigenvalue weighted by Crippen LogP contribution is 2.34. The summed E-state index contributed by atoms with van der Waals surface area (Å²) in [5, 5.41) is 0.502. The molecule has 0 fully saturated rings. The van der Waals surface area contributed by atoms with E-state index in [1.165, 1.54) is 0 Å². The van der Waals surface area contributed by atoms with E-state index in [1.807, 2.05) is 24.3 Å². The number of nitrogens with zero attached hydrogens (tertiary/aromatic N) is 2. The molecule has 0 atom stereocenters. The van der Waals surface area contributed by atoms with Crippen molar-refractivity contribution in [3.63, 3.8) is 0 Å². The molecule has 2 rings (SSSR count). The van der Waals surface area contributed by atoms with Crippen LogP contribution >= 0.6 is 11.6 Å². The Kier molecular flexibility index (Phi) is 2.75. The van der Waals surface area contributed by atoms with Crippen LogP contribution in [0.4, 0.5) is 5.95 Å². The maximum absolute atomic E-state index is 6.14. The zero-order chi connectivity index (χ0) is 11.7. The third kappa shape index (κ3) is 1.61. The second-order valence-corrected chi connectivity index (χ2v) is 3.73. The van der Waals surface area contributed by atoms with Gasteiger partial charge in [0.1, 0.15) is 16.6 Å². The lowest BCUT2D eigenvalue weighted by atomic mass is 10.1. The van der Waals surface area contributed by atoms with Gasteiger partial charge in [0.15, 0.2) is 0 Å². The van der Waals surface area contributed by atoms with Crippen LogP contribution in [-0.2, 0) is 7.05 Å². The normalized spacial score (nSPS) is 10.4. The molecule has 0 unspecified atom stereocenters. The molecule has 1 aromatic carbocycles. The zero-order valence-corrected chi connectivity index (χ0v) is 9.82. The smallest absolute Gasteiger partial charge is 0.201 e. The number of anilines is 1.